The number of piperidine rings is 1. The molecule has 0 unspecified atom stereocenters. The van der Waals surface area contributed by atoms with Crippen molar-refractivity contribution in [1.82, 2.24) is 13.9 Å². The second-order valence-electron chi connectivity index (χ2n) is 5.70. The average molecular weight is 341 g/mol. The highest BCUT2D eigenvalue weighted by molar-refractivity contribution is 7.87. The molecule has 0 saturated carbocycles. The van der Waals surface area contributed by atoms with Gasteiger partial charge in [-0.15, -0.1) is 0 Å². The third-order valence-electron chi connectivity index (χ3n) is 3.90. The van der Waals surface area contributed by atoms with Crippen LogP contribution in [0.1, 0.15) is 23.2 Å². The molecule has 1 aliphatic rings. The molecule has 1 amide bonds. The molecule has 1 aliphatic heterocycles. The average Bonchev–Trinajstić information content (AvgIpc) is 2.54. The maximum atomic E-state index is 12.5. The highest BCUT2D eigenvalue weighted by atomic mass is 32.2. The van der Waals surface area contributed by atoms with Crippen molar-refractivity contribution in [3.8, 4) is 5.75 Å². The fourth-order valence-corrected chi connectivity index (χ4v) is 3.32. The van der Waals surface area contributed by atoms with E-state index in [1.54, 1.807) is 36.3 Å². The van der Waals surface area contributed by atoms with E-state index < -0.39 is 10.2 Å². The molecular weight excluding hydrogens is 318 g/mol. The molecule has 1 heterocycles. The summed E-state index contributed by atoms with van der Waals surface area (Å²) < 4.78 is 32.6. The zero-order valence-corrected chi connectivity index (χ0v) is 14.5. The predicted molar refractivity (Wildman–Crippen MR) is 87.7 cm³/mol. The lowest BCUT2D eigenvalue weighted by Crippen LogP contribution is -2.49. The van der Waals surface area contributed by atoms with E-state index in [1.807, 2.05) is 0 Å². The number of rotatable bonds is 5. The minimum atomic E-state index is -3.43. The molecule has 0 spiro atoms. The van der Waals surface area contributed by atoms with E-state index in [0.29, 0.717) is 37.2 Å². The largest absolute Gasteiger partial charge is 0.497 e. The minimum absolute atomic E-state index is 0.0576. The number of benzene rings is 1. The molecule has 128 valence electrons. The smallest absolute Gasteiger partial charge is 0.279 e. The number of nitrogens with zero attached hydrogens (tertiary/aromatic N) is 2. The molecule has 0 aliphatic carbocycles. The van der Waals surface area contributed by atoms with Crippen molar-refractivity contribution < 1.29 is 17.9 Å². The van der Waals surface area contributed by atoms with Gasteiger partial charge in [-0.2, -0.15) is 17.4 Å². The molecular formula is C15H23N3O4S. The van der Waals surface area contributed by atoms with Crippen molar-refractivity contribution in [3.05, 3.63) is 29.8 Å². The topological polar surface area (TPSA) is 79.0 Å². The molecule has 1 fully saturated rings. The van der Waals surface area contributed by atoms with Gasteiger partial charge < -0.3 is 9.64 Å². The van der Waals surface area contributed by atoms with Gasteiger partial charge >= 0.3 is 0 Å². The fourth-order valence-electron chi connectivity index (χ4n) is 2.46. The Bertz CT molecular complexity index is 652. The molecule has 0 atom stereocenters. The van der Waals surface area contributed by atoms with Gasteiger partial charge in [0.1, 0.15) is 5.75 Å². The van der Waals surface area contributed by atoms with Crippen LogP contribution < -0.4 is 9.46 Å². The van der Waals surface area contributed by atoms with Crippen LogP contribution in [-0.2, 0) is 10.2 Å². The fraction of sp³-hybridized carbons (Fsp3) is 0.533. The van der Waals surface area contributed by atoms with Crippen molar-refractivity contribution in [2.24, 2.45) is 0 Å². The van der Waals surface area contributed by atoms with Crippen molar-refractivity contribution in [1.29, 1.82) is 0 Å². The number of amides is 1. The van der Waals surface area contributed by atoms with Crippen LogP contribution in [0.3, 0.4) is 0 Å². The van der Waals surface area contributed by atoms with Crippen LogP contribution >= 0.6 is 0 Å². The van der Waals surface area contributed by atoms with Crippen LogP contribution in [-0.4, -0.2) is 63.9 Å². The Hall–Kier alpha value is -1.64. The zero-order valence-electron chi connectivity index (χ0n) is 13.7. The molecule has 2 rings (SSSR count). The summed E-state index contributed by atoms with van der Waals surface area (Å²) >= 11 is 0. The summed E-state index contributed by atoms with van der Waals surface area (Å²) in [7, 11) is 1.11. The lowest BCUT2D eigenvalue weighted by atomic mass is 10.0. The first kappa shape index (κ1) is 17.7. The molecule has 8 heteroatoms. The molecule has 0 aromatic heterocycles. The summed E-state index contributed by atoms with van der Waals surface area (Å²) in [5.74, 6) is 0.585. The molecule has 23 heavy (non-hydrogen) atoms. The maximum Gasteiger partial charge on any atom is 0.279 e. The quantitative estimate of drug-likeness (QED) is 0.855. The number of carbonyl (C=O) groups excluding carboxylic acids is 1. The van der Waals surface area contributed by atoms with Gasteiger partial charge in [0, 0.05) is 38.8 Å². The van der Waals surface area contributed by atoms with Gasteiger partial charge in [-0.1, -0.05) is 6.07 Å². The van der Waals surface area contributed by atoms with E-state index in [2.05, 4.69) is 4.72 Å². The Morgan fingerprint density at radius 2 is 1.96 bits per heavy atom. The minimum Gasteiger partial charge on any atom is -0.497 e. The Morgan fingerprint density at radius 3 is 2.52 bits per heavy atom. The van der Waals surface area contributed by atoms with Crippen LogP contribution in [0.5, 0.6) is 5.75 Å². The predicted octanol–water partition coefficient (Wildman–Crippen LogP) is 0.696. The molecule has 1 aromatic rings. The number of ether oxygens (including phenoxy) is 1. The first-order valence-electron chi connectivity index (χ1n) is 7.46. The Labute approximate surface area is 137 Å². The maximum absolute atomic E-state index is 12.5. The van der Waals surface area contributed by atoms with Crippen LogP contribution in [0, 0.1) is 0 Å². The standard InChI is InChI=1S/C15H23N3O4S/c1-17(2)23(20,21)16-13-7-9-18(10-8-13)15(19)12-5-4-6-14(11-12)22-3/h4-6,11,13,16H,7-10H2,1-3H3. The van der Waals surface area contributed by atoms with Crippen LogP contribution in [0.15, 0.2) is 24.3 Å². The van der Waals surface area contributed by atoms with Gasteiger partial charge in [0.05, 0.1) is 7.11 Å². The van der Waals surface area contributed by atoms with Crippen LogP contribution in [0.25, 0.3) is 0 Å². The van der Waals surface area contributed by atoms with Crippen LogP contribution in [0.4, 0.5) is 0 Å². The lowest BCUT2D eigenvalue weighted by Gasteiger charge is -2.32. The van der Waals surface area contributed by atoms with E-state index in [9.17, 15) is 13.2 Å². The third-order valence-corrected chi connectivity index (χ3v) is 5.49. The SMILES string of the molecule is COc1cccc(C(=O)N2CCC(NS(=O)(=O)N(C)C)CC2)c1. The third kappa shape index (κ3) is 4.43. The van der Waals surface area contributed by atoms with Gasteiger partial charge in [-0.3, -0.25) is 4.79 Å². The summed E-state index contributed by atoms with van der Waals surface area (Å²) in [5, 5.41) is 0. The summed E-state index contributed by atoms with van der Waals surface area (Å²) in [6.45, 7) is 1.05. The molecule has 1 aromatic carbocycles. The second kappa shape index (κ2) is 7.29. The number of carbonyl (C=O) groups is 1. The van der Waals surface area contributed by atoms with E-state index in [0.717, 1.165) is 4.31 Å². The zero-order chi connectivity index (χ0) is 17.0. The Balaban J connectivity index is 1.95. The number of nitrogens with one attached hydrogen (secondary N) is 1. The first-order chi connectivity index (χ1) is 10.8. The van der Waals surface area contributed by atoms with E-state index in [-0.39, 0.29) is 11.9 Å². The molecule has 0 radical (unpaired) electrons. The van der Waals surface area contributed by atoms with Crippen LogP contribution in [0.2, 0.25) is 0 Å². The molecule has 1 saturated heterocycles. The number of methoxy groups -OCH3 is 1. The van der Waals surface area contributed by atoms with Gasteiger partial charge in [-0.05, 0) is 31.0 Å². The number of hydrogen-bond acceptors (Lipinski definition) is 4. The van der Waals surface area contributed by atoms with Crippen molar-refractivity contribution >= 4 is 16.1 Å². The van der Waals surface area contributed by atoms with Crippen molar-refractivity contribution in [3.63, 3.8) is 0 Å². The lowest BCUT2D eigenvalue weighted by molar-refractivity contribution is 0.0710. The molecule has 7 nitrogen and oxygen atoms in total. The number of likely N-dealkylation sites (tertiary alicyclic amines) is 1. The summed E-state index contributed by atoms with van der Waals surface area (Å²) in [4.78, 5) is 14.2. The highest BCUT2D eigenvalue weighted by Gasteiger charge is 2.27. The summed E-state index contributed by atoms with van der Waals surface area (Å²) in [5.41, 5.74) is 0.580. The molecule has 1 N–H and O–H groups in total. The number of hydrogen-bond donors (Lipinski definition) is 1. The van der Waals surface area contributed by atoms with Crippen molar-refractivity contribution in [2.75, 3.05) is 34.3 Å². The van der Waals surface area contributed by atoms with Crippen molar-refractivity contribution in [2.45, 2.75) is 18.9 Å². The van der Waals surface area contributed by atoms with Gasteiger partial charge in [0.15, 0.2) is 0 Å². The van der Waals surface area contributed by atoms with E-state index in [4.69, 9.17) is 4.74 Å². The van der Waals surface area contributed by atoms with E-state index in [1.165, 1.54) is 14.1 Å². The summed E-state index contributed by atoms with van der Waals surface area (Å²) in [6, 6.07) is 6.90. The first-order valence-corrected chi connectivity index (χ1v) is 8.90. The van der Waals surface area contributed by atoms with Gasteiger partial charge in [-0.25, -0.2) is 0 Å². The second-order valence-corrected chi connectivity index (χ2v) is 7.62. The monoisotopic (exact) mass is 341 g/mol. The van der Waals surface area contributed by atoms with Gasteiger partial charge in [0.2, 0.25) is 0 Å². The summed E-state index contributed by atoms with van der Waals surface area (Å²) in [6.07, 6.45) is 1.20. The Kier molecular flexibility index (Phi) is 5.61. The molecule has 0 bridgehead atoms. The van der Waals surface area contributed by atoms with Gasteiger partial charge in [0.25, 0.3) is 16.1 Å². The Morgan fingerprint density at radius 1 is 1.30 bits per heavy atom. The normalized spacial score (nSPS) is 16.6. The van der Waals surface area contributed by atoms with E-state index >= 15 is 0 Å². The highest BCUT2D eigenvalue weighted by Crippen LogP contribution is 2.18.